The third-order valence-corrected chi connectivity index (χ3v) is 4.24. The SMILES string of the molecule is CCOC(=O)Cn1c(=NC)n(Cc2ccc(Cl)cc2)c2ccccc21. The Hall–Kier alpha value is -2.53. The van der Waals surface area contributed by atoms with Crippen molar-refractivity contribution in [2.45, 2.75) is 20.0 Å². The summed E-state index contributed by atoms with van der Waals surface area (Å²) < 4.78 is 9.10. The number of aromatic nitrogens is 2. The molecule has 0 atom stereocenters. The van der Waals surface area contributed by atoms with Crippen LogP contribution in [0.2, 0.25) is 5.02 Å². The fourth-order valence-corrected chi connectivity index (χ4v) is 3.07. The van der Waals surface area contributed by atoms with E-state index in [-0.39, 0.29) is 12.5 Å². The van der Waals surface area contributed by atoms with Gasteiger partial charge in [0.25, 0.3) is 0 Å². The minimum absolute atomic E-state index is 0.134. The number of rotatable bonds is 5. The molecule has 0 aliphatic carbocycles. The molecular weight excluding hydrogens is 338 g/mol. The van der Waals surface area contributed by atoms with Gasteiger partial charge >= 0.3 is 5.97 Å². The molecular formula is C19H20ClN3O2. The van der Waals surface area contributed by atoms with E-state index >= 15 is 0 Å². The van der Waals surface area contributed by atoms with E-state index in [9.17, 15) is 4.79 Å². The molecule has 0 saturated heterocycles. The summed E-state index contributed by atoms with van der Waals surface area (Å²) in [5, 5.41) is 0.707. The molecule has 3 aromatic rings. The number of para-hydroxylation sites is 2. The van der Waals surface area contributed by atoms with Crippen molar-refractivity contribution in [1.82, 2.24) is 9.13 Å². The molecule has 0 radical (unpaired) electrons. The Morgan fingerprint density at radius 1 is 1.08 bits per heavy atom. The van der Waals surface area contributed by atoms with Crippen molar-refractivity contribution in [3.63, 3.8) is 0 Å². The largest absolute Gasteiger partial charge is 0.465 e. The summed E-state index contributed by atoms with van der Waals surface area (Å²) >= 11 is 5.98. The predicted octanol–water partition coefficient (Wildman–Crippen LogP) is 3.24. The zero-order valence-electron chi connectivity index (χ0n) is 14.3. The molecule has 1 heterocycles. The Kier molecular flexibility index (Phi) is 5.24. The lowest BCUT2D eigenvalue weighted by Crippen LogP contribution is -2.29. The first-order valence-electron chi connectivity index (χ1n) is 8.15. The van der Waals surface area contributed by atoms with Crippen molar-refractivity contribution in [1.29, 1.82) is 0 Å². The summed E-state index contributed by atoms with van der Waals surface area (Å²) in [7, 11) is 1.73. The lowest BCUT2D eigenvalue weighted by atomic mass is 10.2. The van der Waals surface area contributed by atoms with Crippen molar-refractivity contribution >= 4 is 28.6 Å². The summed E-state index contributed by atoms with van der Waals surface area (Å²) in [5.41, 5.74) is 3.80. The first kappa shape index (κ1) is 17.3. The molecule has 1 aromatic heterocycles. The first-order valence-corrected chi connectivity index (χ1v) is 8.52. The van der Waals surface area contributed by atoms with Gasteiger partial charge in [-0.1, -0.05) is 35.9 Å². The van der Waals surface area contributed by atoms with Crippen LogP contribution in [0.1, 0.15) is 12.5 Å². The fourth-order valence-electron chi connectivity index (χ4n) is 2.94. The third-order valence-electron chi connectivity index (χ3n) is 3.99. The van der Waals surface area contributed by atoms with Crippen LogP contribution in [0.4, 0.5) is 0 Å². The number of carbonyl (C=O) groups is 1. The molecule has 0 saturated carbocycles. The van der Waals surface area contributed by atoms with Crippen LogP contribution in [0.25, 0.3) is 11.0 Å². The number of nitrogens with zero attached hydrogens (tertiary/aromatic N) is 3. The van der Waals surface area contributed by atoms with Crippen LogP contribution in [0.5, 0.6) is 0 Å². The summed E-state index contributed by atoms with van der Waals surface area (Å²) in [6.45, 7) is 2.94. The number of imidazole rings is 1. The Labute approximate surface area is 151 Å². The first-order chi connectivity index (χ1) is 12.1. The van der Waals surface area contributed by atoms with Gasteiger partial charge in [-0.05, 0) is 36.8 Å². The molecule has 0 bridgehead atoms. The van der Waals surface area contributed by atoms with E-state index in [0.717, 1.165) is 22.2 Å². The highest BCUT2D eigenvalue weighted by Gasteiger charge is 2.14. The van der Waals surface area contributed by atoms with Gasteiger partial charge in [-0.15, -0.1) is 0 Å². The van der Waals surface area contributed by atoms with Gasteiger partial charge in [0, 0.05) is 12.1 Å². The molecule has 0 N–H and O–H groups in total. The lowest BCUT2D eigenvalue weighted by Gasteiger charge is -2.06. The summed E-state index contributed by atoms with van der Waals surface area (Å²) in [4.78, 5) is 16.4. The zero-order chi connectivity index (χ0) is 17.8. The van der Waals surface area contributed by atoms with Gasteiger partial charge in [0.2, 0.25) is 5.62 Å². The van der Waals surface area contributed by atoms with Crippen molar-refractivity contribution in [2.24, 2.45) is 4.99 Å². The van der Waals surface area contributed by atoms with Crippen molar-refractivity contribution in [2.75, 3.05) is 13.7 Å². The molecule has 0 spiro atoms. The Balaban J connectivity index is 2.11. The average molecular weight is 358 g/mol. The number of carbonyl (C=O) groups excluding carboxylic acids is 1. The van der Waals surface area contributed by atoms with Crippen molar-refractivity contribution in [3.05, 3.63) is 64.7 Å². The third kappa shape index (κ3) is 3.61. The van der Waals surface area contributed by atoms with Gasteiger partial charge in [-0.25, -0.2) is 0 Å². The van der Waals surface area contributed by atoms with E-state index in [4.69, 9.17) is 16.3 Å². The van der Waals surface area contributed by atoms with Crippen molar-refractivity contribution in [3.8, 4) is 0 Å². The molecule has 3 rings (SSSR count). The highest BCUT2D eigenvalue weighted by atomic mass is 35.5. The van der Waals surface area contributed by atoms with Crippen molar-refractivity contribution < 1.29 is 9.53 Å². The Morgan fingerprint density at radius 2 is 1.72 bits per heavy atom. The van der Waals surface area contributed by atoms with Crippen LogP contribution in [-0.4, -0.2) is 28.8 Å². The van der Waals surface area contributed by atoms with Gasteiger partial charge in [0.1, 0.15) is 6.54 Å². The Morgan fingerprint density at radius 3 is 2.32 bits per heavy atom. The number of hydrogen-bond acceptors (Lipinski definition) is 3. The average Bonchev–Trinajstić information content (AvgIpc) is 2.90. The van der Waals surface area contributed by atoms with Crippen LogP contribution in [0.3, 0.4) is 0 Å². The van der Waals surface area contributed by atoms with Gasteiger partial charge < -0.3 is 9.30 Å². The van der Waals surface area contributed by atoms with E-state index in [1.165, 1.54) is 0 Å². The standard InChI is InChI=1S/C19H20ClN3O2/c1-3-25-18(24)13-23-17-7-5-4-6-16(17)22(19(23)21-2)12-14-8-10-15(20)11-9-14/h4-11H,3,12-13H2,1-2H3. The number of hydrogen-bond donors (Lipinski definition) is 0. The van der Waals surface area contributed by atoms with Gasteiger partial charge in [0.15, 0.2) is 0 Å². The summed E-state index contributed by atoms with van der Waals surface area (Å²) in [6.07, 6.45) is 0. The topological polar surface area (TPSA) is 48.5 Å². The minimum Gasteiger partial charge on any atom is -0.465 e. The van der Waals surface area contributed by atoms with Crippen LogP contribution in [0, 0.1) is 0 Å². The molecule has 0 aliphatic heterocycles. The maximum absolute atomic E-state index is 12.0. The van der Waals surface area contributed by atoms with Crippen LogP contribution in [-0.2, 0) is 22.6 Å². The quantitative estimate of drug-likeness (QED) is 0.658. The van der Waals surface area contributed by atoms with E-state index in [0.29, 0.717) is 18.2 Å². The van der Waals surface area contributed by atoms with E-state index in [2.05, 4.69) is 9.56 Å². The molecule has 6 heteroatoms. The van der Waals surface area contributed by atoms with E-state index in [1.807, 2.05) is 53.1 Å². The van der Waals surface area contributed by atoms with Crippen LogP contribution in [0.15, 0.2) is 53.5 Å². The van der Waals surface area contributed by atoms with Gasteiger partial charge in [-0.2, -0.15) is 0 Å². The maximum Gasteiger partial charge on any atom is 0.326 e. The fraction of sp³-hybridized carbons (Fsp3) is 0.263. The predicted molar refractivity (Wildman–Crippen MR) is 98.6 cm³/mol. The van der Waals surface area contributed by atoms with E-state index < -0.39 is 0 Å². The molecule has 2 aromatic carbocycles. The second-order valence-electron chi connectivity index (χ2n) is 5.62. The zero-order valence-corrected chi connectivity index (χ0v) is 15.0. The minimum atomic E-state index is -0.271. The number of fused-ring (bicyclic) bond motifs is 1. The molecule has 130 valence electrons. The second-order valence-corrected chi connectivity index (χ2v) is 6.05. The number of esters is 1. The number of halogens is 1. The number of benzene rings is 2. The maximum atomic E-state index is 12.0. The van der Waals surface area contributed by atoms with Crippen LogP contribution < -0.4 is 5.62 Å². The molecule has 25 heavy (non-hydrogen) atoms. The Bertz CT molecular complexity index is 955. The van der Waals surface area contributed by atoms with Gasteiger partial charge in [-0.3, -0.25) is 14.4 Å². The highest BCUT2D eigenvalue weighted by Crippen LogP contribution is 2.16. The van der Waals surface area contributed by atoms with Gasteiger partial charge in [0.05, 0.1) is 24.2 Å². The molecule has 0 unspecified atom stereocenters. The molecule has 0 amide bonds. The molecule has 5 nitrogen and oxygen atoms in total. The highest BCUT2D eigenvalue weighted by molar-refractivity contribution is 6.30. The molecule has 0 fully saturated rings. The monoisotopic (exact) mass is 357 g/mol. The normalized spacial score (nSPS) is 11.9. The summed E-state index contributed by atoms with van der Waals surface area (Å²) in [5.74, 6) is -0.271. The summed E-state index contributed by atoms with van der Waals surface area (Å²) in [6, 6.07) is 15.7. The number of ether oxygens (including phenoxy) is 1. The lowest BCUT2D eigenvalue weighted by molar-refractivity contribution is -0.143. The van der Waals surface area contributed by atoms with E-state index in [1.54, 1.807) is 14.0 Å². The molecule has 0 aliphatic rings. The van der Waals surface area contributed by atoms with Crippen LogP contribution >= 0.6 is 11.6 Å². The second kappa shape index (κ2) is 7.57. The smallest absolute Gasteiger partial charge is 0.326 e.